The van der Waals surface area contributed by atoms with Crippen LogP contribution in [0.3, 0.4) is 0 Å². The van der Waals surface area contributed by atoms with E-state index in [-0.39, 0.29) is 0 Å². The molecule has 40 heavy (non-hydrogen) atoms. The summed E-state index contributed by atoms with van der Waals surface area (Å²) in [6.45, 7) is 0. The minimum atomic E-state index is 0.890. The smallest absolute Gasteiger partial charge is 0.138 e. The molecule has 0 N–H and O–H groups in total. The summed E-state index contributed by atoms with van der Waals surface area (Å²) in [5.74, 6) is 0.890. The summed E-state index contributed by atoms with van der Waals surface area (Å²) >= 11 is 0. The number of rotatable bonds is 4. The Morgan fingerprint density at radius 2 is 1.18 bits per heavy atom. The van der Waals surface area contributed by atoms with E-state index >= 15 is 0 Å². The van der Waals surface area contributed by atoms with Crippen LogP contribution >= 0.6 is 0 Å². The zero-order chi connectivity index (χ0) is 26.5. The highest BCUT2D eigenvalue weighted by atomic mass is 15.3. The first-order valence-electron chi connectivity index (χ1n) is 13.4. The fourth-order valence-corrected chi connectivity index (χ4v) is 5.63. The van der Waals surface area contributed by atoms with Crippen LogP contribution in [0.15, 0.2) is 146 Å². The second kappa shape index (κ2) is 9.07. The van der Waals surface area contributed by atoms with Gasteiger partial charge in [-0.25, -0.2) is 9.67 Å². The minimum Gasteiger partial charge on any atom is -0.294 e. The second-order valence-electron chi connectivity index (χ2n) is 10.0. The molecule has 8 aromatic rings. The maximum atomic E-state index is 5.25. The van der Waals surface area contributed by atoms with Crippen molar-refractivity contribution in [2.75, 3.05) is 0 Å². The van der Waals surface area contributed by atoms with Crippen molar-refractivity contribution in [3.63, 3.8) is 0 Å². The predicted molar refractivity (Wildman–Crippen MR) is 164 cm³/mol. The van der Waals surface area contributed by atoms with Gasteiger partial charge in [0.1, 0.15) is 5.82 Å². The highest BCUT2D eigenvalue weighted by Crippen LogP contribution is 2.36. The number of aromatic nitrogens is 4. The topological polar surface area (TPSA) is 35.6 Å². The monoisotopic (exact) mass is 512 g/mol. The Labute approximate surface area is 231 Å². The van der Waals surface area contributed by atoms with E-state index in [1.54, 1.807) is 0 Å². The van der Waals surface area contributed by atoms with Crippen LogP contribution in [-0.2, 0) is 0 Å². The number of benzene rings is 5. The van der Waals surface area contributed by atoms with Crippen LogP contribution in [0.2, 0.25) is 0 Å². The minimum absolute atomic E-state index is 0.890. The molecule has 0 aliphatic rings. The van der Waals surface area contributed by atoms with Gasteiger partial charge in [0, 0.05) is 27.9 Å². The molecular weight excluding hydrogens is 488 g/mol. The molecule has 188 valence electrons. The van der Waals surface area contributed by atoms with Crippen LogP contribution < -0.4 is 0 Å². The molecule has 4 nitrogen and oxygen atoms in total. The summed E-state index contributed by atoms with van der Waals surface area (Å²) in [6.07, 6.45) is 2.11. The fourth-order valence-electron chi connectivity index (χ4n) is 5.63. The van der Waals surface area contributed by atoms with Gasteiger partial charge >= 0.3 is 0 Å². The lowest BCUT2D eigenvalue weighted by Gasteiger charge is -2.13. The molecule has 0 bridgehead atoms. The van der Waals surface area contributed by atoms with E-state index in [0.29, 0.717) is 0 Å². The summed E-state index contributed by atoms with van der Waals surface area (Å²) in [5, 5.41) is 8.35. The zero-order valence-corrected chi connectivity index (χ0v) is 21.6. The molecule has 0 aliphatic heterocycles. The van der Waals surface area contributed by atoms with Gasteiger partial charge in [-0.05, 0) is 53.6 Å². The van der Waals surface area contributed by atoms with Gasteiger partial charge in [0.15, 0.2) is 0 Å². The SMILES string of the molecule is c1ccc(-c2cc(-c3ccccc3)nc(-n3c4ccccc4c4cc5nn(-c6ccccc6)cc5cc43)c2)cc1. The van der Waals surface area contributed by atoms with E-state index in [4.69, 9.17) is 10.1 Å². The molecule has 4 heteroatoms. The Kier molecular flexibility index (Phi) is 5.10. The van der Waals surface area contributed by atoms with Gasteiger partial charge in [0.25, 0.3) is 0 Å². The molecule has 0 spiro atoms. The summed E-state index contributed by atoms with van der Waals surface area (Å²) in [5.41, 5.74) is 8.57. The average Bonchev–Trinajstić information content (AvgIpc) is 3.59. The van der Waals surface area contributed by atoms with Crippen LogP contribution in [0.1, 0.15) is 0 Å². The van der Waals surface area contributed by atoms with E-state index in [9.17, 15) is 0 Å². The Hall–Kier alpha value is -5.48. The van der Waals surface area contributed by atoms with Crippen LogP contribution in [0.4, 0.5) is 0 Å². The molecule has 0 atom stereocenters. The van der Waals surface area contributed by atoms with E-state index in [1.165, 1.54) is 5.39 Å². The lowest BCUT2D eigenvalue weighted by atomic mass is 10.0. The normalized spacial score (nSPS) is 11.5. The summed E-state index contributed by atoms with van der Waals surface area (Å²) < 4.78 is 4.25. The van der Waals surface area contributed by atoms with Crippen molar-refractivity contribution < 1.29 is 0 Å². The van der Waals surface area contributed by atoms with Crippen molar-refractivity contribution in [3.8, 4) is 33.9 Å². The van der Waals surface area contributed by atoms with Gasteiger partial charge in [-0.3, -0.25) is 4.57 Å². The molecule has 8 rings (SSSR count). The van der Waals surface area contributed by atoms with Crippen molar-refractivity contribution >= 4 is 32.7 Å². The summed E-state index contributed by atoms with van der Waals surface area (Å²) in [7, 11) is 0. The maximum absolute atomic E-state index is 5.25. The van der Waals surface area contributed by atoms with Crippen molar-refractivity contribution in [3.05, 3.63) is 146 Å². The molecule has 0 saturated carbocycles. The molecular formula is C36H24N4. The molecule has 0 unspecified atom stereocenters. The van der Waals surface area contributed by atoms with Gasteiger partial charge in [-0.15, -0.1) is 0 Å². The number of para-hydroxylation sites is 2. The predicted octanol–water partition coefficient (Wildman–Crippen LogP) is 8.85. The fraction of sp³-hybridized carbons (Fsp3) is 0. The van der Waals surface area contributed by atoms with Gasteiger partial charge in [0.05, 0.1) is 27.9 Å². The zero-order valence-electron chi connectivity index (χ0n) is 21.6. The highest BCUT2D eigenvalue weighted by Gasteiger charge is 2.17. The first-order chi connectivity index (χ1) is 19.8. The van der Waals surface area contributed by atoms with Gasteiger partial charge in [-0.1, -0.05) is 97.1 Å². The Balaban J connectivity index is 1.42. The van der Waals surface area contributed by atoms with E-state index < -0.39 is 0 Å². The third-order valence-corrected chi connectivity index (χ3v) is 7.54. The Morgan fingerprint density at radius 3 is 1.95 bits per heavy atom. The number of nitrogens with zero attached hydrogens (tertiary/aromatic N) is 4. The first-order valence-corrected chi connectivity index (χ1v) is 13.4. The molecule has 0 radical (unpaired) electrons. The molecule has 0 aliphatic carbocycles. The van der Waals surface area contributed by atoms with Crippen molar-refractivity contribution in [2.45, 2.75) is 0 Å². The maximum Gasteiger partial charge on any atom is 0.138 e. The Bertz CT molecular complexity index is 2080. The van der Waals surface area contributed by atoms with Crippen LogP contribution in [0.25, 0.3) is 66.6 Å². The molecule has 0 saturated heterocycles. The number of fused-ring (bicyclic) bond motifs is 4. The Morgan fingerprint density at radius 1 is 0.500 bits per heavy atom. The van der Waals surface area contributed by atoms with Gasteiger partial charge in [0.2, 0.25) is 0 Å². The molecule has 0 amide bonds. The van der Waals surface area contributed by atoms with E-state index in [0.717, 1.165) is 61.2 Å². The second-order valence-corrected chi connectivity index (χ2v) is 10.0. The van der Waals surface area contributed by atoms with Gasteiger partial charge < -0.3 is 0 Å². The molecule has 5 aromatic carbocycles. The molecule has 0 fully saturated rings. The summed E-state index contributed by atoms with van der Waals surface area (Å²) in [4.78, 5) is 5.25. The molecule has 3 heterocycles. The van der Waals surface area contributed by atoms with Crippen molar-refractivity contribution in [1.29, 1.82) is 0 Å². The summed E-state index contributed by atoms with van der Waals surface area (Å²) in [6, 6.07) is 48.6. The quantitative estimate of drug-likeness (QED) is 0.236. The van der Waals surface area contributed by atoms with Crippen LogP contribution in [-0.4, -0.2) is 19.3 Å². The lowest BCUT2D eigenvalue weighted by molar-refractivity contribution is 0.897. The number of hydrogen-bond donors (Lipinski definition) is 0. The van der Waals surface area contributed by atoms with E-state index in [1.807, 2.05) is 28.9 Å². The highest BCUT2D eigenvalue weighted by molar-refractivity contribution is 6.13. The average molecular weight is 513 g/mol. The largest absolute Gasteiger partial charge is 0.294 e. The number of pyridine rings is 1. The van der Waals surface area contributed by atoms with Crippen molar-refractivity contribution in [2.24, 2.45) is 0 Å². The lowest BCUT2D eigenvalue weighted by Crippen LogP contribution is -2.00. The standard InChI is InChI=1S/C36H24N4/c1-4-12-25(13-5-1)27-20-32(26-14-6-2-7-15-26)37-36(22-27)40-34-19-11-10-18-30(34)31-23-33-28(21-35(31)40)24-39(38-33)29-16-8-3-9-17-29/h1-24H. The van der Waals surface area contributed by atoms with Gasteiger partial charge in [-0.2, -0.15) is 5.10 Å². The van der Waals surface area contributed by atoms with Crippen molar-refractivity contribution in [1.82, 2.24) is 19.3 Å². The third-order valence-electron chi connectivity index (χ3n) is 7.54. The third kappa shape index (κ3) is 3.69. The number of hydrogen-bond acceptors (Lipinski definition) is 2. The first kappa shape index (κ1) is 22.5. The van der Waals surface area contributed by atoms with Crippen LogP contribution in [0.5, 0.6) is 0 Å². The van der Waals surface area contributed by atoms with Crippen LogP contribution in [0, 0.1) is 0 Å². The molecule has 3 aromatic heterocycles. The van der Waals surface area contributed by atoms with E-state index in [2.05, 4.69) is 126 Å².